The number of hydrogen-bond acceptors (Lipinski definition) is 4. The molecule has 1 aromatic heterocycles. The minimum absolute atomic E-state index is 0.124. The summed E-state index contributed by atoms with van der Waals surface area (Å²) in [6, 6.07) is 12.7. The van der Waals surface area contributed by atoms with Crippen LogP contribution >= 0.6 is 0 Å². The number of aliphatic carboxylic acids is 1. The van der Waals surface area contributed by atoms with Crippen molar-refractivity contribution < 1.29 is 32.3 Å². The van der Waals surface area contributed by atoms with Gasteiger partial charge in [0.15, 0.2) is 0 Å². The molecule has 2 aliphatic heterocycles. The fourth-order valence-corrected chi connectivity index (χ4v) is 4.07. The Bertz CT molecular complexity index is 840. The Morgan fingerprint density at radius 2 is 1.63 bits per heavy atom. The number of carbonyl (C=O) groups excluding carboxylic acids is 1. The predicted molar refractivity (Wildman–Crippen MR) is 103 cm³/mol. The lowest BCUT2D eigenvalue weighted by Crippen LogP contribution is -2.38. The first-order valence-corrected chi connectivity index (χ1v) is 9.70. The van der Waals surface area contributed by atoms with Crippen LogP contribution in [0.5, 0.6) is 0 Å². The standard InChI is InChI=1S/C19H22N2O2.C2HF3O2/c22-19(16-9-13-23-14-16)21-12-7-15-6-10-20(11-8-18(15)21)17-4-2-1-3-5-17;3-2(4,5)1(6)7/h1-5,9,13-15,18H,6-8,10-12H2;(H,6,7). The molecule has 2 aliphatic rings. The molecule has 9 heteroatoms. The molecule has 0 radical (unpaired) electrons. The number of amides is 1. The average molecular weight is 424 g/mol. The number of hydrogen-bond donors (Lipinski definition) is 1. The summed E-state index contributed by atoms with van der Waals surface area (Å²) in [6.45, 7) is 2.98. The van der Waals surface area contributed by atoms with Crippen molar-refractivity contribution in [3.05, 3.63) is 54.5 Å². The first-order chi connectivity index (χ1) is 14.3. The molecule has 1 aromatic carbocycles. The van der Waals surface area contributed by atoms with Gasteiger partial charge in [-0.2, -0.15) is 13.2 Å². The van der Waals surface area contributed by atoms with Gasteiger partial charge >= 0.3 is 12.1 Å². The Hall–Kier alpha value is -2.97. The molecule has 1 amide bonds. The van der Waals surface area contributed by atoms with Gasteiger partial charge in [0.2, 0.25) is 0 Å². The van der Waals surface area contributed by atoms with E-state index in [0.717, 1.165) is 38.9 Å². The van der Waals surface area contributed by atoms with Crippen LogP contribution in [0.2, 0.25) is 0 Å². The molecule has 0 spiro atoms. The molecule has 2 unspecified atom stereocenters. The number of nitrogens with zero attached hydrogens (tertiary/aromatic N) is 2. The van der Waals surface area contributed by atoms with Crippen LogP contribution in [0.1, 0.15) is 29.6 Å². The third kappa shape index (κ3) is 5.14. The first kappa shape index (κ1) is 21.7. The van der Waals surface area contributed by atoms with Crippen molar-refractivity contribution in [3.63, 3.8) is 0 Å². The third-order valence-corrected chi connectivity index (χ3v) is 5.54. The normalized spacial score (nSPS) is 21.3. The Morgan fingerprint density at radius 3 is 2.23 bits per heavy atom. The quantitative estimate of drug-likeness (QED) is 0.788. The largest absolute Gasteiger partial charge is 0.490 e. The van der Waals surface area contributed by atoms with Gasteiger partial charge < -0.3 is 19.3 Å². The number of likely N-dealkylation sites (tertiary alicyclic amines) is 1. The average Bonchev–Trinajstić information content (AvgIpc) is 3.34. The topological polar surface area (TPSA) is 74.0 Å². The number of carboxylic acids is 1. The van der Waals surface area contributed by atoms with E-state index in [0.29, 0.717) is 17.5 Å². The number of furan rings is 1. The lowest BCUT2D eigenvalue weighted by molar-refractivity contribution is -0.192. The Morgan fingerprint density at radius 1 is 1.00 bits per heavy atom. The van der Waals surface area contributed by atoms with E-state index in [9.17, 15) is 18.0 Å². The van der Waals surface area contributed by atoms with Crippen LogP contribution in [-0.4, -0.2) is 53.7 Å². The first-order valence-electron chi connectivity index (χ1n) is 9.70. The van der Waals surface area contributed by atoms with Gasteiger partial charge in [-0.05, 0) is 43.4 Å². The molecule has 0 saturated carbocycles. The lowest BCUT2D eigenvalue weighted by atomic mass is 9.95. The number of carbonyl (C=O) groups is 2. The Labute approximate surface area is 171 Å². The monoisotopic (exact) mass is 424 g/mol. The van der Waals surface area contributed by atoms with Crippen LogP contribution in [0.25, 0.3) is 0 Å². The van der Waals surface area contributed by atoms with E-state index in [1.807, 2.05) is 0 Å². The molecule has 6 nitrogen and oxygen atoms in total. The zero-order valence-electron chi connectivity index (χ0n) is 16.2. The zero-order valence-corrected chi connectivity index (χ0v) is 16.2. The zero-order chi connectivity index (χ0) is 21.7. The lowest BCUT2D eigenvalue weighted by Gasteiger charge is -2.27. The summed E-state index contributed by atoms with van der Waals surface area (Å²) in [5.41, 5.74) is 1.97. The van der Waals surface area contributed by atoms with Gasteiger partial charge in [-0.15, -0.1) is 0 Å². The number of fused-ring (bicyclic) bond motifs is 1. The second kappa shape index (κ2) is 9.23. The smallest absolute Gasteiger partial charge is 0.475 e. The maximum absolute atomic E-state index is 12.7. The molecule has 4 rings (SSSR count). The summed E-state index contributed by atoms with van der Waals surface area (Å²) < 4.78 is 36.8. The van der Waals surface area contributed by atoms with Gasteiger partial charge in [0.25, 0.3) is 5.91 Å². The van der Waals surface area contributed by atoms with Gasteiger partial charge in [-0.1, -0.05) is 18.2 Å². The number of halogens is 3. The van der Waals surface area contributed by atoms with E-state index in [4.69, 9.17) is 14.3 Å². The summed E-state index contributed by atoms with van der Waals surface area (Å²) in [5.74, 6) is -2.01. The summed E-state index contributed by atoms with van der Waals surface area (Å²) in [5, 5.41) is 7.12. The maximum atomic E-state index is 12.7. The molecule has 2 fully saturated rings. The van der Waals surface area contributed by atoms with Crippen molar-refractivity contribution in [2.45, 2.75) is 31.5 Å². The summed E-state index contributed by atoms with van der Waals surface area (Å²) in [6.07, 6.45) is 1.38. The highest BCUT2D eigenvalue weighted by molar-refractivity contribution is 5.94. The second-order valence-electron chi connectivity index (χ2n) is 7.33. The van der Waals surface area contributed by atoms with Gasteiger partial charge in [0.05, 0.1) is 11.8 Å². The van der Waals surface area contributed by atoms with Crippen LogP contribution in [0.3, 0.4) is 0 Å². The minimum atomic E-state index is -5.08. The van der Waals surface area contributed by atoms with Crippen LogP contribution in [-0.2, 0) is 4.79 Å². The van der Waals surface area contributed by atoms with Gasteiger partial charge in [0.1, 0.15) is 6.26 Å². The SMILES string of the molecule is O=C(O)C(F)(F)F.O=C(c1ccoc1)N1CCC2CCN(c3ccccc3)CCC21. The van der Waals surface area contributed by atoms with E-state index in [2.05, 4.69) is 40.1 Å². The third-order valence-electron chi connectivity index (χ3n) is 5.54. The summed E-state index contributed by atoms with van der Waals surface area (Å²) >= 11 is 0. The predicted octanol–water partition coefficient (Wildman–Crippen LogP) is 4.04. The van der Waals surface area contributed by atoms with Crippen molar-refractivity contribution >= 4 is 17.6 Å². The molecule has 2 atom stereocenters. The number of carboxylic acid groups (broad SMARTS) is 1. The van der Waals surface area contributed by atoms with Crippen molar-refractivity contribution in [2.24, 2.45) is 5.92 Å². The Balaban J connectivity index is 0.000000318. The summed E-state index contributed by atoms with van der Waals surface area (Å²) in [7, 11) is 0. The molecule has 0 bridgehead atoms. The number of benzene rings is 1. The highest BCUT2D eigenvalue weighted by Crippen LogP contribution is 2.34. The molecule has 0 aliphatic carbocycles. The molecule has 2 saturated heterocycles. The van der Waals surface area contributed by atoms with Crippen LogP contribution in [0.15, 0.2) is 53.3 Å². The second-order valence-corrected chi connectivity index (χ2v) is 7.33. The van der Waals surface area contributed by atoms with E-state index in [1.165, 1.54) is 5.69 Å². The molecular formula is C21H23F3N2O4. The number of anilines is 1. The molecule has 162 valence electrons. The maximum Gasteiger partial charge on any atom is 0.490 e. The van der Waals surface area contributed by atoms with Crippen molar-refractivity contribution in [1.29, 1.82) is 0 Å². The van der Waals surface area contributed by atoms with Gasteiger partial charge in [-0.3, -0.25) is 4.79 Å². The highest BCUT2D eigenvalue weighted by Gasteiger charge is 2.39. The molecule has 3 heterocycles. The van der Waals surface area contributed by atoms with Gasteiger partial charge in [0, 0.05) is 31.4 Å². The highest BCUT2D eigenvalue weighted by atomic mass is 19.4. The van der Waals surface area contributed by atoms with E-state index in [1.54, 1.807) is 18.6 Å². The van der Waals surface area contributed by atoms with E-state index >= 15 is 0 Å². The van der Waals surface area contributed by atoms with E-state index in [-0.39, 0.29) is 5.91 Å². The Kier molecular flexibility index (Phi) is 6.69. The summed E-state index contributed by atoms with van der Waals surface area (Å²) in [4.78, 5) is 26.1. The van der Waals surface area contributed by atoms with Gasteiger partial charge in [-0.25, -0.2) is 4.79 Å². The number of para-hydroxylation sites is 1. The van der Waals surface area contributed by atoms with Crippen LogP contribution < -0.4 is 4.90 Å². The minimum Gasteiger partial charge on any atom is -0.475 e. The molecule has 1 N–H and O–H groups in total. The fourth-order valence-electron chi connectivity index (χ4n) is 4.07. The fraction of sp³-hybridized carbons (Fsp3) is 0.429. The van der Waals surface area contributed by atoms with E-state index < -0.39 is 12.1 Å². The molecular weight excluding hydrogens is 401 g/mol. The van der Waals surface area contributed by atoms with Crippen molar-refractivity contribution in [1.82, 2.24) is 4.90 Å². The molecule has 30 heavy (non-hydrogen) atoms. The number of rotatable bonds is 2. The van der Waals surface area contributed by atoms with Crippen LogP contribution in [0.4, 0.5) is 18.9 Å². The van der Waals surface area contributed by atoms with Crippen LogP contribution in [0, 0.1) is 5.92 Å². The van der Waals surface area contributed by atoms with Crippen molar-refractivity contribution in [2.75, 3.05) is 24.5 Å². The molecule has 2 aromatic rings. The van der Waals surface area contributed by atoms with Crippen molar-refractivity contribution in [3.8, 4) is 0 Å². The number of alkyl halides is 3.